The molecule has 32 heavy (non-hydrogen) atoms. The van der Waals surface area contributed by atoms with Crippen LogP contribution in [0.15, 0.2) is 53.3 Å². The molecule has 0 spiro atoms. The van der Waals surface area contributed by atoms with Crippen molar-refractivity contribution in [3.8, 4) is 11.5 Å². The summed E-state index contributed by atoms with van der Waals surface area (Å²) in [4.78, 5) is 20.0. The Morgan fingerprint density at radius 1 is 1.12 bits per heavy atom. The largest absolute Gasteiger partial charge is 0.454 e. The van der Waals surface area contributed by atoms with Crippen molar-refractivity contribution >= 4 is 28.2 Å². The average Bonchev–Trinajstić information content (AvgIpc) is 3.23. The number of aromatic nitrogens is 1. The fourth-order valence-corrected chi connectivity index (χ4v) is 3.97. The molecule has 0 saturated carbocycles. The van der Waals surface area contributed by atoms with Crippen molar-refractivity contribution in [3.05, 3.63) is 70.0 Å². The molecule has 168 valence electrons. The number of pyridine rings is 1. The molecule has 0 amide bonds. The summed E-state index contributed by atoms with van der Waals surface area (Å²) in [6, 6.07) is 15.8. The lowest BCUT2D eigenvalue weighted by molar-refractivity contribution is 0.174. The summed E-state index contributed by atoms with van der Waals surface area (Å²) in [6.45, 7) is 4.18. The van der Waals surface area contributed by atoms with Crippen molar-refractivity contribution in [2.45, 2.75) is 19.5 Å². The summed E-state index contributed by atoms with van der Waals surface area (Å²) < 4.78 is 10.9. The number of hydrogen-bond donors (Lipinski definition) is 2. The van der Waals surface area contributed by atoms with Gasteiger partial charge in [0.15, 0.2) is 16.6 Å². The minimum Gasteiger partial charge on any atom is -0.454 e. The van der Waals surface area contributed by atoms with Crippen LogP contribution in [0.5, 0.6) is 11.5 Å². The number of nitrogens with one attached hydrogen (secondary N) is 2. The predicted molar refractivity (Wildman–Crippen MR) is 130 cm³/mol. The van der Waals surface area contributed by atoms with E-state index in [0.717, 1.165) is 23.0 Å². The molecule has 2 heterocycles. The molecule has 1 atom stereocenters. The lowest BCUT2D eigenvalue weighted by atomic mass is 10.1. The Labute approximate surface area is 192 Å². The van der Waals surface area contributed by atoms with Gasteiger partial charge in [0, 0.05) is 30.1 Å². The quantitative estimate of drug-likeness (QED) is 0.533. The van der Waals surface area contributed by atoms with E-state index in [2.05, 4.69) is 34.3 Å². The number of ether oxygens (including phenoxy) is 2. The Hall–Kier alpha value is -3.10. The zero-order valence-corrected chi connectivity index (χ0v) is 19.4. The number of hydrogen-bond acceptors (Lipinski definition) is 5. The van der Waals surface area contributed by atoms with Gasteiger partial charge < -0.3 is 29.6 Å². The average molecular weight is 453 g/mol. The van der Waals surface area contributed by atoms with E-state index in [9.17, 15) is 4.79 Å². The van der Waals surface area contributed by atoms with Gasteiger partial charge in [0.05, 0.1) is 18.1 Å². The molecule has 7 nitrogen and oxygen atoms in total. The van der Waals surface area contributed by atoms with Crippen LogP contribution in [0, 0.1) is 0 Å². The minimum atomic E-state index is -0.134. The van der Waals surface area contributed by atoms with Crippen molar-refractivity contribution < 1.29 is 9.47 Å². The van der Waals surface area contributed by atoms with Crippen LogP contribution in [0.4, 0.5) is 0 Å². The molecule has 0 aliphatic carbocycles. The number of H-pyrrole nitrogens is 1. The molecule has 4 rings (SSSR count). The zero-order valence-electron chi connectivity index (χ0n) is 18.6. The van der Waals surface area contributed by atoms with Gasteiger partial charge in [-0.25, -0.2) is 0 Å². The first-order valence-electron chi connectivity index (χ1n) is 10.6. The zero-order chi connectivity index (χ0) is 22.7. The molecule has 0 fully saturated rings. The molecule has 0 saturated heterocycles. The van der Waals surface area contributed by atoms with Crippen LogP contribution < -0.4 is 20.3 Å². The van der Waals surface area contributed by atoms with Crippen LogP contribution in [-0.2, 0) is 6.54 Å². The van der Waals surface area contributed by atoms with Gasteiger partial charge in [0.1, 0.15) is 0 Å². The molecule has 1 aliphatic heterocycles. The maximum absolute atomic E-state index is 12.8. The second-order valence-corrected chi connectivity index (χ2v) is 8.61. The standard InChI is InChI=1S/C24H28N4O3S/c1-16(17-7-5-4-6-8-17)25-24(32)28(10-9-27(2)3)14-19-11-18-12-21-22(31-15-30-21)13-20(18)26-23(19)29/h4-8,11-13,16H,9-10,14-15H2,1-3H3,(H,25,32)(H,26,29)/t16-/m0/s1. The molecule has 0 bridgehead atoms. The molecule has 8 heteroatoms. The van der Waals surface area contributed by atoms with Crippen molar-refractivity contribution in [3.63, 3.8) is 0 Å². The third-order valence-electron chi connectivity index (χ3n) is 5.52. The molecule has 1 aliphatic rings. The molecule has 0 radical (unpaired) electrons. The predicted octanol–water partition coefficient (Wildman–Crippen LogP) is 3.26. The lowest BCUT2D eigenvalue weighted by Gasteiger charge is -2.29. The van der Waals surface area contributed by atoms with Crippen molar-refractivity contribution in [2.75, 3.05) is 34.0 Å². The second-order valence-electron chi connectivity index (χ2n) is 8.22. The lowest BCUT2D eigenvalue weighted by Crippen LogP contribution is -2.44. The van der Waals surface area contributed by atoms with Gasteiger partial charge in [-0.1, -0.05) is 30.3 Å². The van der Waals surface area contributed by atoms with Gasteiger partial charge in [0.25, 0.3) is 5.56 Å². The third kappa shape index (κ3) is 5.03. The van der Waals surface area contributed by atoms with Crippen molar-refractivity contribution in [1.82, 2.24) is 20.1 Å². The highest BCUT2D eigenvalue weighted by Crippen LogP contribution is 2.35. The van der Waals surface area contributed by atoms with Crippen LogP contribution in [0.2, 0.25) is 0 Å². The third-order valence-corrected chi connectivity index (χ3v) is 5.90. The number of nitrogens with zero attached hydrogens (tertiary/aromatic N) is 2. The summed E-state index contributed by atoms with van der Waals surface area (Å²) in [5, 5.41) is 4.94. The minimum absolute atomic E-state index is 0.0557. The normalized spacial score (nSPS) is 13.4. The monoisotopic (exact) mass is 452 g/mol. The summed E-state index contributed by atoms with van der Waals surface area (Å²) in [7, 11) is 4.04. The Bertz CT molecular complexity index is 1160. The van der Waals surface area contributed by atoms with Crippen LogP contribution in [0.1, 0.15) is 24.1 Å². The molecular weight excluding hydrogens is 424 g/mol. The van der Waals surface area contributed by atoms with Gasteiger partial charge in [-0.3, -0.25) is 4.79 Å². The summed E-state index contributed by atoms with van der Waals surface area (Å²) in [6.07, 6.45) is 0. The van der Waals surface area contributed by atoms with Crippen LogP contribution >= 0.6 is 12.2 Å². The maximum atomic E-state index is 12.8. The fourth-order valence-electron chi connectivity index (χ4n) is 3.64. The molecule has 2 N–H and O–H groups in total. The van der Waals surface area contributed by atoms with E-state index >= 15 is 0 Å². The smallest absolute Gasteiger partial charge is 0.253 e. The van der Waals surface area contributed by atoms with E-state index in [1.165, 1.54) is 0 Å². The van der Waals surface area contributed by atoms with Crippen LogP contribution in [0.3, 0.4) is 0 Å². The Morgan fingerprint density at radius 2 is 1.84 bits per heavy atom. The van der Waals surface area contributed by atoms with E-state index in [1.54, 1.807) is 6.07 Å². The summed E-state index contributed by atoms with van der Waals surface area (Å²) in [5.41, 5.74) is 2.39. The number of rotatable bonds is 7. The first-order valence-corrected chi connectivity index (χ1v) is 11.0. The van der Waals surface area contributed by atoms with Crippen LogP contribution in [-0.4, -0.2) is 53.9 Å². The number of fused-ring (bicyclic) bond motifs is 2. The van der Waals surface area contributed by atoms with Gasteiger partial charge in [-0.2, -0.15) is 0 Å². The number of thiocarbonyl (C=S) groups is 1. The van der Waals surface area contributed by atoms with Gasteiger partial charge >= 0.3 is 0 Å². The molecule has 2 aromatic carbocycles. The highest BCUT2D eigenvalue weighted by atomic mass is 32.1. The van der Waals surface area contributed by atoms with Crippen LogP contribution in [0.25, 0.3) is 10.9 Å². The van der Waals surface area contributed by atoms with E-state index in [0.29, 0.717) is 35.3 Å². The maximum Gasteiger partial charge on any atom is 0.253 e. The molecule has 3 aromatic rings. The van der Waals surface area contributed by atoms with Gasteiger partial charge in [0.2, 0.25) is 6.79 Å². The SMILES string of the molecule is C[C@H](NC(=S)N(CCN(C)C)Cc1cc2cc3c(cc2[nH]c1=O)OCO3)c1ccccc1. The van der Waals surface area contributed by atoms with Gasteiger partial charge in [-0.15, -0.1) is 0 Å². The number of aromatic amines is 1. The summed E-state index contributed by atoms with van der Waals surface area (Å²) in [5.74, 6) is 1.34. The fraction of sp³-hybridized carbons (Fsp3) is 0.333. The Kier molecular flexibility index (Phi) is 6.62. The summed E-state index contributed by atoms with van der Waals surface area (Å²) >= 11 is 5.75. The van der Waals surface area contributed by atoms with E-state index in [4.69, 9.17) is 21.7 Å². The highest BCUT2D eigenvalue weighted by molar-refractivity contribution is 7.80. The van der Waals surface area contributed by atoms with Gasteiger partial charge in [-0.05, 0) is 50.9 Å². The van der Waals surface area contributed by atoms with E-state index in [-0.39, 0.29) is 18.4 Å². The Balaban J connectivity index is 1.57. The van der Waals surface area contributed by atoms with E-state index < -0.39 is 0 Å². The molecular formula is C24H28N4O3S. The highest BCUT2D eigenvalue weighted by Gasteiger charge is 2.18. The van der Waals surface area contributed by atoms with Crippen molar-refractivity contribution in [1.29, 1.82) is 0 Å². The topological polar surface area (TPSA) is 69.8 Å². The molecule has 1 aromatic heterocycles. The molecule has 0 unspecified atom stereocenters. The number of likely N-dealkylation sites (N-methyl/N-ethyl adjacent to an activating group) is 1. The first-order chi connectivity index (χ1) is 15.4. The number of benzene rings is 2. The Morgan fingerprint density at radius 3 is 2.56 bits per heavy atom. The second kappa shape index (κ2) is 9.58. The first kappa shape index (κ1) is 22.1. The van der Waals surface area contributed by atoms with Crippen molar-refractivity contribution in [2.24, 2.45) is 0 Å². The van der Waals surface area contributed by atoms with E-state index in [1.807, 2.05) is 49.3 Å².